The van der Waals surface area contributed by atoms with Crippen LogP contribution in [-0.4, -0.2) is 8.42 Å². The van der Waals surface area contributed by atoms with E-state index in [9.17, 15) is 34.8 Å². The third kappa shape index (κ3) is 4.88. The summed E-state index contributed by atoms with van der Waals surface area (Å²) in [6, 6.07) is 5.11. The van der Waals surface area contributed by atoms with Crippen LogP contribution in [0.2, 0.25) is 0 Å². The van der Waals surface area contributed by atoms with Crippen LogP contribution in [-0.2, 0) is 22.4 Å². The van der Waals surface area contributed by atoms with E-state index in [1.165, 1.54) is 0 Å². The van der Waals surface area contributed by atoms with Gasteiger partial charge in [0.15, 0.2) is 0 Å². The molecular weight excluding hydrogens is 440 g/mol. The Bertz CT molecular complexity index is 876. The molecule has 0 bridgehead atoms. The molecule has 2 rings (SSSR count). The van der Waals surface area contributed by atoms with Crippen LogP contribution in [0.4, 0.5) is 32.0 Å². The Morgan fingerprint density at radius 2 is 1.32 bits per heavy atom. The first-order valence-electron chi connectivity index (χ1n) is 6.37. The van der Waals surface area contributed by atoms with Gasteiger partial charge in [-0.05, 0) is 42.5 Å². The SMILES string of the molecule is O=S(=O)(Nc1ccc(C(F)(F)F)cc1)c1cc(Br)cc(C(F)(F)F)c1. The van der Waals surface area contributed by atoms with E-state index in [4.69, 9.17) is 0 Å². The minimum atomic E-state index is -4.76. The summed E-state index contributed by atoms with van der Waals surface area (Å²) in [6.07, 6.45) is -9.36. The van der Waals surface area contributed by atoms with Gasteiger partial charge in [-0.1, -0.05) is 15.9 Å². The highest BCUT2D eigenvalue weighted by Gasteiger charge is 2.33. The molecule has 0 radical (unpaired) electrons. The molecule has 2 aromatic rings. The zero-order valence-electron chi connectivity index (χ0n) is 11.9. The maximum atomic E-state index is 12.8. The Labute approximate surface area is 146 Å². The van der Waals surface area contributed by atoms with Gasteiger partial charge in [0.1, 0.15) is 0 Å². The van der Waals surface area contributed by atoms with Crippen LogP contribution in [0.25, 0.3) is 0 Å². The standard InChI is InChI=1S/C14H8BrF6NO2S/c15-10-5-9(14(19,20)21)6-12(7-10)25(23,24)22-11-3-1-8(2-4-11)13(16,17)18/h1-7,22H. The number of nitrogens with one attached hydrogen (secondary N) is 1. The molecule has 0 aliphatic rings. The van der Waals surface area contributed by atoms with E-state index < -0.39 is 38.4 Å². The lowest BCUT2D eigenvalue weighted by atomic mass is 10.2. The third-order valence-corrected chi connectivity index (χ3v) is 4.79. The van der Waals surface area contributed by atoms with Crippen molar-refractivity contribution in [3.63, 3.8) is 0 Å². The molecule has 0 fully saturated rings. The van der Waals surface area contributed by atoms with Gasteiger partial charge in [-0.2, -0.15) is 26.3 Å². The molecule has 11 heteroatoms. The molecule has 0 aliphatic carbocycles. The van der Waals surface area contributed by atoms with E-state index in [1.807, 2.05) is 4.72 Å². The van der Waals surface area contributed by atoms with Gasteiger partial charge in [-0.3, -0.25) is 4.72 Å². The van der Waals surface area contributed by atoms with Crippen LogP contribution in [0.1, 0.15) is 11.1 Å². The molecule has 0 aliphatic heterocycles. The molecule has 0 amide bonds. The lowest BCUT2D eigenvalue weighted by Gasteiger charge is -2.13. The largest absolute Gasteiger partial charge is 0.416 e. The van der Waals surface area contributed by atoms with Gasteiger partial charge in [0, 0.05) is 10.2 Å². The zero-order valence-corrected chi connectivity index (χ0v) is 14.3. The fourth-order valence-electron chi connectivity index (χ4n) is 1.82. The number of anilines is 1. The van der Waals surface area contributed by atoms with Gasteiger partial charge in [-0.25, -0.2) is 8.42 Å². The van der Waals surface area contributed by atoms with Crippen LogP contribution in [0.3, 0.4) is 0 Å². The zero-order chi connectivity index (χ0) is 19.0. The van der Waals surface area contributed by atoms with Gasteiger partial charge in [-0.15, -0.1) is 0 Å². The first-order valence-corrected chi connectivity index (χ1v) is 8.64. The van der Waals surface area contributed by atoms with Crippen molar-refractivity contribution < 1.29 is 34.8 Å². The van der Waals surface area contributed by atoms with Crippen molar-refractivity contribution in [1.82, 2.24) is 0 Å². The molecule has 3 nitrogen and oxygen atoms in total. The molecule has 0 atom stereocenters. The molecule has 0 unspecified atom stereocenters. The summed E-state index contributed by atoms with van der Waals surface area (Å²) in [5.41, 5.74) is -2.39. The quantitative estimate of drug-likeness (QED) is 0.650. The van der Waals surface area contributed by atoms with E-state index in [0.717, 1.165) is 18.2 Å². The Morgan fingerprint density at radius 1 is 0.800 bits per heavy atom. The molecule has 0 aromatic heterocycles. The maximum Gasteiger partial charge on any atom is 0.416 e. The average molecular weight is 448 g/mol. The van der Waals surface area contributed by atoms with Crippen LogP contribution in [0, 0.1) is 0 Å². The Hall–Kier alpha value is -1.75. The third-order valence-electron chi connectivity index (χ3n) is 2.97. The normalized spacial score (nSPS) is 12.9. The van der Waals surface area contributed by atoms with Crippen molar-refractivity contribution in [2.24, 2.45) is 0 Å². The summed E-state index contributed by atoms with van der Waals surface area (Å²) in [4.78, 5) is -0.686. The highest BCUT2D eigenvalue weighted by molar-refractivity contribution is 9.10. The van der Waals surface area contributed by atoms with Crippen molar-refractivity contribution in [1.29, 1.82) is 0 Å². The highest BCUT2D eigenvalue weighted by Crippen LogP contribution is 2.34. The summed E-state index contributed by atoms with van der Waals surface area (Å²) >= 11 is 2.80. The molecule has 0 saturated heterocycles. The number of benzene rings is 2. The summed E-state index contributed by atoms with van der Waals surface area (Å²) < 4.78 is 102. The van der Waals surface area contributed by atoms with Crippen molar-refractivity contribution >= 4 is 31.6 Å². The second kappa shape index (κ2) is 6.52. The van der Waals surface area contributed by atoms with Crippen molar-refractivity contribution in [2.45, 2.75) is 17.2 Å². The summed E-state index contributed by atoms with van der Waals surface area (Å²) in [5, 5.41) is 0. The lowest BCUT2D eigenvalue weighted by molar-refractivity contribution is -0.138. The lowest BCUT2D eigenvalue weighted by Crippen LogP contribution is -2.15. The number of sulfonamides is 1. The predicted octanol–water partition coefficient (Wildman–Crippen LogP) is 5.29. The van der Waals surface area contributed by atoms with Gasteiger partial charge < -0.3 is 0 Å². The van der Waals surface area contributed by atoms with Crippen LogP contribution < -0.4 is 4.72 Å². The Balaban J connectivity index is 2.35. The van der Waals surface area contributed by atoms with Gasteiger partial charge >= 0.3 is 12.4 Å². The average Bonchev–Trinajstić information content (AvgIpc) is 2.45. The fraction of sp³-hybridized carbons (Fsp3) is 0.143. The van der Waals surface area contributed by atoms with E-state index in [2.05, 4.69) is 15.9 Å². The number of rotatable bonds is 3. The van der Waals surface area contributed by atoms with Crippen LogP contribution >= 0.6 is 15.9 Å². The maximum absolute atomic E-state index is 12.8. The van der Waals surface area contributed by atoms with E-state index >= 15 is 0 Å². The molecule has 136 valence electrons. The Kier molecular flexibility index (Phi) is 5.11. The predicted molar refractivity (Wildman–Crippen MR) is 81.4 cm³/mol. The fourth-order valence-corrected chi connectivity index (χ4v) is 3.60. The molecule has 2 aromatic carbocycles. The van der Waals surface area contributed by atoms with Gasteiger partial charge in [0.05, 0.1) is 16.0 Å². The molecule has 0 saturated carbocycles. The number of alkyl halides is 6. The van der Waals surface area contributed by atoms with Crippen molar-refractivity contribution in [3.05, 3.63) is 58.1 Å². The van der Waals surface area contributed by atoms with Gasteiger partial charge in [0.2, 0.25) is 0 Å². The van der Waals surface area contributed by atoms with Crippen LogP contribution in [0.5, 0.6) is 0 Å². The monoisotopic (exact) mass is 447 g/mol. The smallest absolute Gasteiger partial charge is 0.280 e. The number of hydrogen-bond donors (Lipinski definition) is 1. The molecule has 1 N–H and O–H groups in total. The second-order valence-electron chi connectivity index (χ2n) is 4.85. The Morgan fingerprint density at radius 3 is 1.80 bits per heavy atom. The second-order valence-corrected chi connectivity index (χ2v) is 7.45. The minimum absolute atomic E-state index is 0.116. The summed E-state index contributed by atoms with van der Waals surface area (Å²) in [5.74, 6) is 0. The first kappa shape index (κ1) is 19.6. The molecule has 25 heavy (non-hydrogen) atoms. The minimum Gasteiger partial charge on any atom is -0.280 e. The topological polar surface area (TPSA) is 46.2 Å². The van der Waals surface area contributed by atoms with E-state index in [0.29, 0.717) is 24.3 Å². The summed E-state index contributed by atoms with van der Waals surface area (Å²) in [6.45, 7) is 0. The molecule has 0 heterocycles. The summed E-state index contributed by atoms with van der Waals surface area (Å²) in [7, 11) is -4.43. The highest BCUT2D eigenvalue weighted by atomic mass is 79.9. The molecular formula is C14H8BrF6NO2S. The molecule has 0 spiro atoms. The van der Waals surface area contributed by atoms with E-state index in [-0.39, 0.29) is 10.2 Å². The number of halogens is 7. The van der Waals surface area contributed by atoms with Crippen LogP contribution in [0.15, 0.2) is 51.8 Å². The van der Waals surface area contributed by atoms with E-state index in [1.54, 1.807) is 0 Å². The van der Waals surface area contributed by atoms with Gasteiger partial charge in [0.25, 0.3) is 10.0 Å². The van der Waals surface area contributed by atoms with Crippen molar-refractivity contribution in [3.8, 4) is 0 Å². The first-order chi connectivity index (χ1) is 11.3. The number of hydrogen-bond acceptors (Lipinski definition) is 2. The van der Waals surface area contributed by atoms with Crippen molar-refractivity contribution in [2.75, 3.05) is 4.72 Å².